The van der Waals surface area contributed by atoms with Gasteiger partial charge in [0.2, 0.25) is 0 Å². The van der Waals surface area contributed by atoms with Gasteiger partial charge in [-0.25, -0.2) is 0 Å². The van der Waals surface area contributed by atoms with Crippen LogP contribution in [-0.4, -0.2) is 36.1 Å². The van der Waals surface area contributed by atoms with Crippen molar-refractivity contribution in [1.82, 2.24) is 0 Å². The van der Waals surface area contributed by atoms with Gasteiger partial charge in [0.1, 0.15) is 11.0 Å². The molecule has 0 amide bonds. The molecule has 4 heteroatoms. The van der Waals surface area contributed by atoms with E-state index in [-0.39, 0.29) is 18.8 Å². The van der Waals surface area contributed by atoms with Gasteiger partial charge in [-0.1, -0.05) is 0 Å². The van der Waals surface area contributed by atoms with Crippen molar-refractivity contribution in [1.29, 1.82) is 5.26 Å². The summed E-state index contributed by atoms with van der Waals surface area (Å²) in [4.78, 5) is 0. The fourth-order valence-corrected chi connectivity index (χ4v) is 2.94. The van der Waals surface area contributed by atoms with Crippen LogP contribution in [0.1, 0.15) is 33.1 Å². The van der Waals surface area contributed by atoms with E-state index >= 15 is 0 Å². The number of hydrogen-bond donors (Lipinski definition) is 1. The molecule has 2 aliphatic heterocycles. The highest BCUT2D eigenvalue weighted by atomic mass is 16.5. The lowest BCUT2D eigenvalue weighted by Crippen LogP contribution is -2.53. The Balaban J connectivity index is 2.19. The quantitative estimate of drug-likeness (QED) is 0.781. The van der Waals surface area contributed by atoms with Crippen LogP contribution in [0.5, 0.6) is 0 Å². The van der Waals surface area contributed by atoms with E-state index in [9.17, 15) is 10.4 Å². The molecule has 90 valence electrons. The van der Waals surface area contributed by atoms with E-state index in [2.05, 4.69) is 6.07 Å². The molecule has 1 N–H and O–H groups in total. The number of ether oxygens (including phenoxy) is 2. The maximum absolute atomic E-state index is 10.5. The van der Waals surface area contributed by atoms with E-state index in [1.165, 1.54) is 0 Å². The van der Waals surface area contributed by atoms with Crippen LogP contribution in [0.3, 0.4) is 0 Å². The van der Waals surface area contributed by atoms with Crippen LogP contribution < -0.4 is 0 Å². The van der Waals surface area contributed by atoms with Crippen molar-refractivity contribution in [2.75, 3.05) is 13.2 Å². The third-order valence-corrected chi connectivity index (χ3v) is 3.95. The lowest BCUT2D eigenvalue weighted by atomic mass is 9.65. The first-order valence-electron chi connectivity index (χ1n) is 5.92. The molecule has 2 bridgehead atoms. The van der Waals surface area contributed by atoms with Gasteiger partial charge in [-0.2, -0.15) is 5.26 Å². The highest BCUT2D eigenvalue weighted by molar-refractivity contribution is 5.20. The molecule has 0 aromatic heterocycles. The van der Waals surface area contributed by atoms with Gasteiger partial charge in [0.25, 0.3) is 0 Å². The molecule has 4 unspecified atom stereocenters. The first-order valence-corrected chi connectivity index (χ1v) is 5.92. The third-order valence-electron chi connectivity index (χ3n) is 3.95. The summed E-state index contributed by atoms with van der Waals surface area (Å²) in [5.41, 5.74) is -1.91. The Morgan fingerprint density at radius 2 is 2.38 bits per heavy atom. The molecule has 4 nitrogen and oxygen atoms in total. The zero-order valence-corrected chi connectivity index (χ0v) is 9.90. The van der Waals surface area contributed by atoms with Gasteiger partial charge < -0.3 is 14.6 Å². The Morgan fingerprint density at radius 3 is 2.81 bits per heavy atom. The SMILES string of the molecule is CCOCC(C)(O)C1(C#N)CC2CCC1O2. The summed E-state index contributed by atoms with van der Waals surface area (Å²) in [5.74, 6) is 0. The Hall–Kier alpha value is -0.630. The minimum atomic E-state index is -1.13. The van der Waals surface area contributed by atoms with Gasteiger partial charge in [0.05, 0.1) is 24.9 Å². The first kappa shape index (κ1) is 11.8. The van der Waals surface area contributed by atoms with Crippen LogP contribution in [-0.2, 0) is 9.47 Å². The van der Waals surface area contributed by atoms with E-state index in [0.717, 1.165) is 12.8 Å². The minimum Gasteiger partial charge on any atom is -0.386 e. The molecule has 0 aromatic rings. The first-order chi connectivity index (χ1) is 7.55. The van der Waals surface area contributed by atoms with Crippen LogP contribution in [0.2, 0.25) is 0 Å². The maximum atomic E-state index is 10.5. The Bertz CT molecular complexity index is 310. The molecule has 2 fully saturated rings. The van der Waals surface area contributed by atoms with Gasteiger partial charge in [0, 0.05) is 6.61 Å². The summed E-state index contributed by atoms with van der Waals surface area (Å²) in [6, 6.07) is 2.30. The van der Waals surface area contributed by atoms with E-state index < -0.39 is 11.0 Å². The van der Waals surface area contributed by atoms with Crippen LogP contribution in [0.15, 0.2) is 0 Å². The highest BCUT2D eigenvalue weighted by Crippen LogP contribution is 2.53. The number of fused-ring (bicyclic) bond motifs is 2. The van der Waals surface area contributed by atoms with Crippen molar-refractivity contribution in [3.05, 3.63) is 0 Å². The van der Waals surface area contributed by atoms with Gasteiger partial charge in [-0.3, -0.25) is 0 Å². The molecule has 2 rings (SSSR count). The minimum absolute atomic E-state index is 0.127. The highest BCUT2D eigenvalue weighted by Gasteiger charge is 2.62. The molecule has 2 aliphatic rings. The predicted octanol–water partition coefficient (Wildman–Crippen LogP) is 1.24. The molecule has 2 saturated heterocycles. The van der Waals surface area contributed by atoms with Gasteiger partial charge in [0.15, 0.2) is 0 Å². The molecular weight excluding hydrogens is 206 g/mol. The topological polar surface area (TPSA) is 62.5 Å². The smallest absolute Gasteiger partial charge is 0.116 e. The van der Waals surface area contributed by atoms with Gasteiger partial charge in [-0.15, -0.1) is 0 Å². The Morgan fingerprint density at radius 1 is 1.62 bits per heavy atom. The molecule has 16 heavy (non-hydrogen) atoms. The van der Waals surface area contributed by atoms with Gasteiger partial charge in [-0.05, 0) is 33.1 Å². The summed E-state index contributed by atoms with van der Waals surface area (Å²) >= 11 is 0. The molecule has 0 saturated carbocycles. The third kappa shape index (κ3) is 1.55. The average Bonchev–Trinajstić information content (AvgIpc) is 2.86. The second kappa shape index (κ2) is 3.99. The number of nitrogens with zero attached hydrogens (tertiary/aromatic N) is 1. The van der Waals surface area contributed by atoms with Crippen LogP contribution >= 0.6 is 0 Å². The zero-order valence-electron chi connectivity index (χ0n) is 9.90. The summed E-state index contributed by atoms with van der Waals surface area (Å²) in [6.45, 7) is 4.32. The van der Waals surface area contributed by atoms with Crippen molar-refractivity contribution in [2.45, 2.75) is 50.9 Å². The summed E-state index contributed by atoms with van der Waals surface area (Å²) in [5, 5.41) is 19.9. The molecule has 4 atom stereocenters. The normalized spacial score (nSPS) is 40.6. The molecular formula is C12H19NO3. The van der Waals surface area contributed by atoms with Crippen molar-refractivity contribution in [2.24, 2.45) is 5.41 Å². The number of nitriles is 1. The van der Waals surface area contributed by atoms with Crippen molar-refractivity contribution in [3.63, 3.8) is 0 Å². The van der Waals surface area contributed by atoms with E-state index in [0.29, 0.717) is 13.0 Å². The number of hydrogen-bond acceptors (Lipinski definition) is 4. The van der Waals surface area contributed by atoms with E-state index in [4.69, 9.17) is 9.47 Å². The molecule has 2 heterocycles. The summed E-state index contributed by atoms with van der Waals surface area (Å²) in [6.07, 6.45) is 2.55. The molecule has 0 aromatic carbocycles. The van der Waals surface area contributed by atoms with Crippen molar-refractivity contribution < 1.29 is 14.6 Å². The second-order valence-electron chi connectivity index (χ2n) is 5.02. The Labute approximate surface area is 96.2 Å². The van der Waals surface area contributed by atoms with Crippen LogP contribution in [0.4, 0.5) is 0 Å². The van der Waals surface area contributed by atoms with Crippen LogP contribution in [0.25, 0.3) is 0 Å². The summed E-state index contributed by atoms with van der Waals surface area (Å²) in [7, 11) is 0. The average molecular weight is 225 g/mol. The molecule has 0 aliphatic carbocycles. The molecule has 0 radical (unpaired) electrons. The number of aliphatic hydroxyl groups is 1. The predicted molar refractivity (Wildman–Crippen MR) is 57.7 cm³/mol. The monoisotopic (exact) mass is 225 g/mol. The van der Waals surface area contributed by atoms with E-state index in [1.54, 1.807) is 6.92 Å². The van der Waals surface area contributed by atoms with Crippen molar-refractivity contribution in [3.8, 4) is 6.07 Å². The fourth-order valence-electron chi connectivity index (χ4n) is 2.94. The molecule has 0 spiro atoms. The number of rotatable bonds is 4. The van der Waals surface area contributed by atoms with Gasteiger partial charge >= 0.3 is 0 Å². The standard InChI is InChI=1S/C12H19NO3/c1-3-15-8-11(2,14)12(7-13)6-9-4-5-10(12)16-9/h9-10,14H,3-6,8H2,1-2H3. The largest absolute Gasteiger partial charge is 0.386 e. The fraction of sp³-hybridized carbons (Fsp3) is 0.917. The maximum Gasteiger partial charge on any atom is 0.116 e. The van der Waals surface area contributed by atoms with Crippen LogP contribution in [0, 0.1) is 16.7 Å². The lowest BCUT2D eigenvalue weighted by molar-refractivity contribution is -0.116. The zero-order chi connectivity index (χ0) is 11.8. The van der Waals surface area contributed by atoms with E-state index in [1.807, 2.05) is 6.92 Å². The van der Waals surface area contributed by atoms with Crippen molar-refractivity contribution >= 4 is 0 Å². The lowest BCUT2D eigenvalue weighted by Gasteiger charge is -2.40. The Kier molecular flexibility index (Phi) is 2.95. The summed E-state index contributed by atoms with van der Waals surface area (Å²) < 4.78 is 11.0. The second-order valence-corrected chi connectivity index (χ2v) is 5.02.